The first kappa shape index (κ1) is 14.9. The molecule has 1 amide bonds. The maximum atomic E-state index is 13.7. The minimum Gasteiger partial charge on any atom is -0.489 e. The molecule has 1 heterocycles. The third kappa shape index (κ3) is 3.55. The van der Waals surface area contributed by atoms with Crippen molar-refractivity contribution in [3.05, 3.63) is 39.5 Å². The van der Waals surface area contributed by atoms with Crippen LogP contribution in [0.25, 0.3) is 10.4 Å². The number of halogens is 1. The van der Waals surface area contributed by atoms with E-state index in [9.17, 15) is 9.18 Å². The van der Waals surface area contributed by atoms with E-state index in [0.717, 1.165) is 0 Å². The number of rotatable bonds is 5. The van der Waals surface area contributed by atoms with Crippen molar-refractivity contribution >= 4 is 6.09 Å². The van der Waals surface area contributed by atoms with E-state index in [0.29, 0.717) is 36.3 Å². The SMILES string of the molecule is C[C@@H](OC(N)=O)c1cc(F)cc2c1OC(CCN=[N+]=[N-])C2. The molecule has 0 radical (unpaired) electrons. The van der Waals surface area contributed by atoms with E-state index in [1.54, 1.807) is 6.92 Å². The molecule has 2 atom stereocenters. The molecule has 1 aliphatic heterocycles. The molecule has 0 spiro atoms. The van der Waals surface area contributed by atoms with Crippen LogP contribution >= 0.6 is 0 Å². The fraction of sp³-hybridized carbons (Fsp3) is 0.462. The molecule has 1 aromatic rings. The normalized spacial score (nSPS) is 17.3. The van der Waals surface area contributed by atoms with Crippen LogP contribution in [-0.2, 0) is 11.2 Å². The highest BCUT2D eigenvalue weighted by molar-refractivity contribution is 5.65. The first-order chi connectivity index (χ1) is 10.0. The molecule has 1 aromatic carbocycles. The number of hydrogen-bond donors (Lipinski definition) is 1. The van der Waals surface area contributed by atoms with Crippen molar-refractivity contribution < 1.29 is 18.7 Å². The Morgan fingerprint density at radius 2 is 2.48 bits per heavy atom. The number of amides is 1. The largest absolute Gasteiger partial charge is 0.489 e. The van der Waals surface area contributed by atoms with Gasteiger partial charge >= 0.3 is 6.09 Å². The highest BCUT2D eigenvalue weighted by Crippen LogP contribution is 2.38. The predicted molar refractivity (Wildman–Crippen MR) is 72.2 cm³/mol. The Hall–Kier alpha value is -2.47. The van der Waals surface area contributed by atoms with Crippen molar-refractivity contribution in [2.75, 3.05) is 6.54 Å². The lowest BCUT2D eigenvalue weighted by atomic mass is 10.0. The summed E-state index contributed by atoms with van der Waals surface area (Å²) in [6, 6.07) is 2.66. The van der Waals surface area contributed by atoms with Crippen LogP contribution in [0.5, 0.6) is 5.75 Å². The molecule has 0 saturated carbocycles. The van der Waals surface area contributed by atoms with Crippen molar-refractivity contribution in [1.29, 1.82) is 0 Å². The Kier molecular flexibility index (Phi) is 4.49. The molecular formula is C13H15FN4O3. The zero-order valence-corrected chi connectivity index (χ0v) is 11.5. The molecule has 0 fully saturated rings. The van der Waals surface area contributed by atoms with Gasteiger partial charge in [0, 0.05) is 29.0 Å². The van der Waals surface area contributed by atoms with Gasteiger partial charge in [0.1, 0.15) is 23.8 Å². The second-order valence-corrected chi connectivity index (χ2v) is 4.75. The maximum Gasteiger partial charge on any atom is 0.405 e. The van der Waals surface area contributed by atoms with Crippen molar-refractivity contribution in [1.82, 2.24) is 0 Å². The highest BCUT2D eigenvalue weighted by atomic mass is 19.1. The number of carbonyl (C=O) groups is 1. The van der Waals surface area contributed by atoms with Crippen LogP contribution < -0.4 is 10.5 Å². The number of ether oxygens (including phenoxy) is 2. The number of benzene rings is 1. The average molecular weight is 294 g/mol. The number of carbonyl (C=O) groups excluding carboxylic acids is 1. The van der Waals surface area contributed by atoms with E-state index in [-0.39, 0.29) is 6.10 Å². The van der Waals surface area contributed by atoms with Crippen LogP contribution in [0, 0.1) is 5.82 Å². The van der Waals surface area contributed by atoms with Gasteiger partial charge in [-0.05, 0) is 31.0 Å². The van der Waals surface area contributed by atoms with E-state index in [4.69, 9.17) is 20.7 Å². The van der Waals surface area contributed by atoms with Gasteiger partial charge in [0.15, 0.2) is 0 Å². The lowest BCUT2D eigenvalue weighted by Gasteiger charge is -2.16. The molecule has 0 bridgehead atoms. The zero-order chi connectivity index (χ0) is 15.4. The quantitative estimate of drug-likeness (QED) is 0.512. The van der Waals surface area contributed by atoms with Crippen LogP contribution in [0.15, 0.2) is 17.2 Å². The first-order valence-electron chi connectivity index (χ1n) is 6.47. The Bertz CT molecular complexity index is 601. The summed E-state index contributed by atoms with van der Waals surface area (Å²) in [7, 11) is 0. The highest BCUT2D eigenvalue weighted by Gasteiger charge is 2.28. The van der Waals surface area contributed by atoms with Crippen molar-refractivity contribution in [3.63, 3.8) is 0 Å². The summed E-state index contributed by atoms with van der Waals surface area (Å²) in [6.45, 7) is 1.90. The fourth-order valence-electron chi connectivity index (χ4n) is 2.37. The molecule has 112 valence electrons. The molecule has 8 heteroatoms. The molecule has 21 heavy (non-hydrogen) atoms. The molecule has 0 saturated heterocycles. The second-order valence-electron chi connectivity index (χ2n) is 4.75. The van der Waals surface area contributed by atoms with Gasteiger partial charge < -0.3 is 15.2 Å². The van der Waals surface area contributed by atoms with E-state index in [2.05, 4.69) is 10.0 Å². The Morgan fingerprint density at radius 1 is 1.71 bits per heavy atom. The van der Waals surface area contributed by atoms with Crippen LogP contribution in [0.1, 0.15) is 30.6 Å². The molecule has 1 aliphatic rings. The van der Waals surface area contributed by atoms with Gasteiger partial charge in [0.2, 0.25) is 0 Å². The van der Waals surface area contributed by atoms with Crippen LogP contribution in [0.2, 0.25) is 0 Å². The molecule has 2 N–H and O–H groups in total. The number of fused-ring (bicyclic) bond motifs is 1. The van der Waals surface area contributed by atoms with E-state index < -0.39 is 18.0 Å². The first-order valence-corrected chi connectivity index (χ1v) is 6.47. The summed E-state index contributed by atoms with van der Waals surface area (Å²) < 4.78 is 24.3. The number of nitrogens with zero attached hydrogens (tertiary/aromatic N) is 3. The summed E-state index contributed by atoms with van der Waals surface area (Å²) in [5, 5.41) is 3.45. The summed E-state index contributed by atoms with van der Waals surface area (Å²) in [4.78, 5) is 13.5. The molecule has 7 nitrogen and oxygen atoms in total. The fourth-order valence-corrected chi connectivity index (χ4v) is 2.37. The van der Waals surface area contributed by atoms with Gasteiger partial charge in [-0.15, -0.1) is 0 Å². The standard InChI is InChI=1S/C13H15FN4O3/c1-7(20-13(15)19)11-6-9(14)4-8-5-10(21-12(8)11)2-3-17-18-16/h4,6-7,10H,2-3,5H2,1H3,(H2,15,19)/t7-,10?/m1/s1. The number of hydrogen-bond acceptors (Lipinski definition) is 4. The smallest absolute Gasteiger partial charge is 0.405 e. The van der Waals surface area contributed by atoms with Gasteiger partial charge in [-0.25, -0.2) is 9.18 Å². The minimum atomic E-state index is -0.932. The van der Waals surface area contributed by atoms with E-state index in [1.807, 2.05) is 0 Å². The van der Waals surface area contributed by atoms with Crippen molar-refractivity contribution in [2.24, 2.45) is 10.8 Å². The second kappa shape index (κ2) is 6.32. The maximum absolute atomic E-state index is 13.7. The van der Waals surface area contributed by atoms with Crippen LogP contribution in [0.4, 0.5) is 9.18 Å². The topological polar surface area (TPSA) is 110 Å². The van der Waals surface area contributed by atoms with E-state index >= 15 is 0 Å². The van der Waals surface area contributed by atoms with Gasteiger partial charge in [0.25, 0.3) is 0 Å². The number of azide groups is 1. The summed E-state index contributed by atoms with van der Waals surface area (Å²) in [5.74, 6) is 0.0825. The monoisotopic (exact) mass is 294 g/mol. The van der Waals surface area contributed by atoms with E-state index in [1.165, 1.54) is 12.1 Å². The Morgan fingerprint density at radius 3 is 3.14 bits per heavy atom. The van der Waals surface area contributed by atoms with Gasteiger partial charge in [0.05, 0.1) is 0 Å². The van der Waals surface area contributed by atoms with Crippen LogP contribution in [-0.4, -0.2) is 18.7 Å². The lowest BCUT2D eigenvalue weighted by molar-refractivity contribution is 0.113. The average Bonchev–Trinajstić information content (AvgIpc) is 2.79. The summed E-state index contributed by atoms with van der Waals surface area (Å²) in [5.41, 5.74) is 14.4. The third-order valence-electron chi connectivity index (χ3n) is 3.24. The van der Waals surface area contributed by atoms with Gasteiger partial charge in [-0.3, -0.25) is 0 Å². The molecule has 2 rings (SSSR count). The Labute approximate surface area is 120 Å². The van der Waals surface area contributed by atoms with Gasteiger partial charge in [-0.1, -0.05) is 5.11 Å². The molecule has 1 unspecified atom stereocenters. The minimum absolute atomic E-state index is 0.188. The van der Waals surface area contributed by atoms with Crippen molar-refractivity contribution in [2.45, 2.75) is 32.0 Å². The summed E-state index contributed by atoms with van der Waals surface area (Å²) >= 11 is 0. The van der Waals surface area contributed by atoms with Gasteiger partial charge in [-0.2, -0.15) is 0 Å². The van der Waals surface area contributed by atoms with Crippen LogP contribution in [0.3, 0.4) is 0 Å². The predicted octanol–water partition coefficient (Wildman–Crippen LogP) is 2.99. The van der Waals surface area contributed by atoms with Crippen molar-refractivity contribution in [3.8, 4) is 5.75 Å². The lowest BCUT2D eigenvalue weighted by Crippen LogP contribution is -2.17. The third-order valence-corrected chi connectivity index (χ3v) is 3.24. The molecular weight excluding hydrogens is 279 g/mol. The zero-order valence-electron chi connectivity index (χ0n) is 11.5. The molecule has 0 aromatic heterocycles. The molecule has 0 aliphatic carbocycles. The summed E-state index contributed by atoms with van der Waals surface area (Å²) in [6.07, 6.45) is -0.775. The number of primary amides is 1. The number of nitrogens with two attached hydrogens (primary N) is 1. The Balaban J connectivity index is 2.19.